The minimum Gasteiger partial charge on any atom is -0.378 e. The maximum Gasteiger partial charge on any atom is 0.266 e. The molecule has 3 fully saturated rings. The van der Waals surface area contributed by atoms with Gasteiger partial charge in [-0.25, -0.2) is 4.98 Å². The van der Waals surface area contributed by atoms with Gasteiger partial charge in [0.2, 0.25) is 0 Å². The van der Waals surface area contributed by atoms with Gasteiger partial charge in [0.1, 0.15) is 10.1 Å². The van der Waals surface area contributed by atoms with Crippen molar-refractivity contribution >= 4 is 57.0 Å². The minimum absolute atomic E-state index is 0.0548. The fraction of sp³-hybridized carbons (Fsp3) is 0.458. The van der Waals surface area contributed by atoms with Crippen molar-refractivity contribution < 1.29 is 9.53 Å². The largest absolute Gasteiger partial charge is 0.378 e. The normalized spacial score (nSPS) is 22.2. The zero-order chi connectivity index (χ0) is 21.4. The van der Waals surface area contributed by atoms with Gasteiger partial charge in [-0.1, -0.05) is 54.9 Å². The Labute approximate surface area is 192 Å². The first kappa shape index (κ1) is 20.9. The van der Waals surface area contributed by atoms with Gasteiger partial charge in [-0.3, -0.25) is 9.69 Å². The van der Waals surface area contributed by atoms with Crippen LogP contribution in [0.5, 0.6) is 0 Å². The fourth-order valence-corrected chi connectivity index (χ4v) is 6.10. The van der Waals surface area contributed by atoms with Crippen LogP contribution in [0.15, 0.2) is 29.2 Å². The van der Waals surface area contributed by atoms with E-state index in [1.165, 1.54) is 36.6 Å². The number of ether oxygens (including phenoxy) is 1. The summed E-state index contributed by atoms with van der Waals surface area (Å²) in [5, 5.41) is 1.09. The van der Waals surface area contributed by atoms with Crippen LogP contribution in [0.1, 0.15) is 43.2 Å². The van der Waals surface area contributed by atoms with Crippen LogP contribution >= 0.6 is 24.0 Å². The number of aryl methyl sites for hydroxylation is 1. The number of carbonyl (C=O) groups is 1. The number of aromatic nitrogens is 1. The molecule has 0 bridgehead atoms. The van der Waals surface area contributed by atoms with Crippen molar-refractivity contribution in [2.24, 2.45) is 0 Å². The van der Waals surface area contributed by atoms with E-state index in [2.05, 4.69) is 36.1 Å². The van der Waals surface area contributed by atoms with Gasteiger partial charge in [-0.05, 0) is 44.0 Å². The van der Waals surface area contributed by atoms with Crippen LogP contribution in [0.3, 0.4) is 0 Å². The molecule has 5 nitrogen and oxygen atoms in total. The number of hydrogen-bond donors (Lipinski definition) is 0. The molecule has 2 aliphatic heterocycles. The first-order valence-electron chi connectivity index (χ1n) is 11.1. The van der Waals surface area contributed by atoms with Crippen molar-refractivity contribution in [3.63, 3.8) is 0 Å². The molecule has 7 heteroatoms. The zero-order valence-corrected chi connectivity index (χ0v) is 19.4. The monoisotopic (exact) mass is 453 g/mol. The van der Waals surface area contributed by atoms with Gasteiger partial charge in [0.15, 0.2) is 0 Å². The third kappa shape index (κ3) is 4.23. The lowest BCUT2D eigenvalue weighted by atomic mass is 9.94. The lowest BCUT2D eigenvalue weighted by molar-refractivity contribution is -0.124. The summed E-state index contributed by atoms with van der Waals surface area (Å²) in [5.74, 6) is 0.974. The molecule has 31 heavy (non-hydrogen) atoms. The number of carbonyl (C=O) groups excluding carboxylic acids is 1. The molecule has 2 aromatic rings. The van der Waals surface area contributed by atoms with E-state index in [0.29, 0.717) is 22.4 Å². The number of pyridine rings is 1. The van der Waals surface area contributed by atoms with Gasteiger partial charge in [-0.2, -0.15) is 0 Å². The molecule has 162 valence electrons. The number of morpholine rings is 1. The van der Waals surface area contributed by atoms with Crippen LogP contribution in [0.4, 0.5) is 5.82 Å². The highest BCUT2D eigenvalue weighted by Gasteiger charge is 2.37. The van der Waals surface area contributed by atoms with E-state index in [0.717, 1.165) is 48.2 Å². The topological polar surface area (TPSA) is 45.7 Å². The fourth-order valence-electron chi connectivity index (χ4n) is 4.71. The van der Waals surface area contributed by atoms with Crippen LogP contribution in [0.2, 0.25) is 0 Å². The number of rotatable bonds is 3. The molecule has 1 aliphatic carbocycles. The quantitative estimate of drug-likeness (QED) is 0.486. The second-order valence-corrected chi connectivity index (χ2v) is 10.2. The molecule has 0 N–H and O–H groups in total. The highest BCUT2D eigenvalue weighted by Crippen LogP contribution is 2.38. The van der Waals surface area contributed by atoms with E-state index < -0.39 is 0 Å². The van der Waals surface area contributed by atoms with Gasteiger partial charge in [-0.15, -0.1) is 0 Å². The molecule has 0 spiro atoms. The zero-order valence-electron chi connectivity index (χ0n) is 17.8. The molecule has 3 aliphatic rings. The molecular formula is C24H27N3O2S2. The molecule has 1 aromatic carbocycles. The Balaban J connectivity index is 1.54. The molecule has 0 atom stereocenters. The molecule has 0 unspecified atom stereocenters. The summed E-state index contributed by atoms with van der Waals surface area (Å²) >= 11 is 7.06. The molecule has 3 heterocycles. The van der Waals surface area contributed by atoms with Gasteiger partial charge in [0, 0.05) is 30.1 Å². The minimum atomic E-state index is 0.0548. The number of amides is 1. The van der Waals surface area contributed by atoms with E-state index in [-0.39, 0.29) is 11.9 Å². The van der Waals surface area contributed by atoms with E-state index in [4.69, 9.17) is 21.9 Å². The second-order valence-electron chi connectivity index (χ2n) is 8.54. The van der Waals surface area contributed by atoms with Crippen LogP contribution in [0.25, 0.3) is 17.0 Å². The van der Waals surface area contributed by atoms with E-state index >= 15 is 0 Å². The van der Waals surface area contributed by atoms with Gasteiger partial charge in [0.05, 0.1) is 23.6 Å². The molecule has 0 radical (unpaired) electrons. The Hall–Kier alpha value is -1.96. The molecule has 5 rings (SSSR count). The smallest absolute Gasteiger partial charge is 0.266 e. The Morgan fingerprint density at radius 3 is 2.71 bits per heavy atom. The number of fused-ring (bicyclic) bond motifs is 1. The number of benzene rings is 1. The number of hydrogen-bond acceptors (Lipinski definition) is 6. The van der Waals surface area contributed by atoms with E-state index in [1.54, 1.807) is 0 Å². The Bertz CT molecular complexity index is 1060. The Morgan fingerprint density at radius 1 is 1.16 bits per heavy atom. The van der Waals surface area contributed by atoms with Gasteiger partial charge in [0.25, 0.3) is 5.91 Å². The highest BCUT2D eigenvalue weighted by atomic mass is 32.2. The third-order valence-corrected chi connectivity index (χ3v) is 7.67. The molecule has 2 saturated heterocycles. The van der Waals surface area contributed by atoms with Crippen molar-refractivity contribution in [1.82, 2.24) is 9.88 Å². The summed E-state index contributed by atoms with van der Waals surface area (Å²) in [6, 6.07) is 8.72. The SMILES string of the molecule is Cc1ccc2nc(N3CCOCC3)c(/C=C3\SC(=S)N(C4CCCCC4)C3=O)cc2c1. The van der Waals surface area contributed by atoms with Crippen molar-refractivity contribution in [3.8, 4) is 0 Å². The maximum atomic E-state index is 13.3. The van der Waals surface area contributed by atoms with Crippen LogP contribution in [0, 0.1) is 6.92 Å². The summed E-state index contributed by atoms with van der Waals surface area (Å²) in [5.41, 5.74) is 3.14. The maximum absolute atomic E-state index is 13.3. The highest BCUT2D eigenvalue weighted by molar-refractivity contribution is 8.26. The summed E-state index contributed by atoms with van der Waals surface area (Å²) in [4.78, 5) is 23.2. The predicted molar refractivity (Wildman–Crippen MR) is 131 cm³/mol. The summed E-state index contributed by atoms with van der Waals surface area (Å²) < 4.78 is 6.24. The van der Waals surface area contributed by atoms with E-state index in [9.17, 15) is 4.79 Å². The van der Waals surface area contributed by atoms with Crippen LogP contribution < -0.4 is 4.90 Å². The van der Waals surface area contributed by atoms with Crippen LogP contribution in [-0.4, -0.2) is 52.5 Å². The lowest BCUT2D eigenvalue weighted by Gasteiger charge is -2.30. The Kier molecular flexibility index (Phi) is 5.99. The molecular weight excluding hydrogens is 426 g/mol. The standard InChI is InChI=1S/C24H27N3O2S2/c1-16-7-8-20-17(13-16)14-18(22(25-20)26-9-11-29-12-10-26)15-21-23(28)27(24(30)31-21)19-5-3-2-4-6-19/h7-8,13-15,19H,2-6,9-12H2,1H3/b21-15-. The average molecular weight is 454 g/mol. The first-order chi connectivity index (χ1) is 15.1. The molecule has 1 aromatic heterocycles. The summed E-state index contributed by atoms with van der Waals surface area (Å²) in [7, 11) is 0. The average Bonchev–Trinajstić information content (AvgIpc) is 3.07. The third-order valence-electron chi connectivity index (χ3n) is 6.34. The lowest BCUT2D eigenvalue weighted by Crippen LogP contribution is -2.39. The van der Waals surface area contributed by atoms with Crippen LogP contribution in [-0.2, 0) is 9.53 Å². The second kappa shape index (κ2) is 8.88. The first-order valence-corrected chi connectivity index (χ1v) is 12.3. The van der Waals surface area contributed by atoms with E-state index in [1.807, 2.05) is 11.0 Å². The number of thioether (sulfide) groups is 1. The van der Waals surface area contributed by atoms with Gasteiger partial charge < -0.3 is 9.64 Å². The predicted octanol–water partition coefficient (Wildman–Crippen LogP) is 4.91. The van der Waals surface area contributed by atoms with Crippen molar-refractivity contribution in [3.05, 3.63) is 40.3 Å². The Morgan fingerprint density at radius 2 is 1.94 bits per heavy atom. The summed E-state index contributed by atoms with van der Waals surface area (Å²) in [6.07, 6.45) is 7.71. The number of anilines is 1. The number of nitrogens with zero attached hydrogens (tertiary/aromatic N) is 3. The molecule has 1 saturated carbocycles. The van der Waals surface area contributed by atoms with Crippen molar-refractivity contribution in [2.45, 2.75) is 45.1 Å². The van der Waals surface area contributed by atoms with Gasteiger partial charge >= 0.3 is 0 Å². The number of thiocarbonyl (C=S) groups is 1. The molecule has 1 amide bonds. The summed E-state index contributed by atoms with van der Waals surface area (Å²) in [6.45, 7) is 5.07. The van der Waals surface area contributed by atoms with Crippen molar-refractivity contribution in [1.29, 1.82) is 0 Å². The van der Waals surface area contributed by atoms with Crippen molar-refractivity contribution in [2.75, 3.05) is 31.2 Å².